The van der Waals surface area contributed by atoms with E-state index in [1.807, 2.05) is 20.0 Å². The van der Waals surface area contributed by atoms with Crippen LogP contribution in [0.15, 0.2) is 24.4 Å². The smallest absolute Gasteiger partial charge is 0.162 e. The molecule has 0 saturated heterocycles. The highest BCUT2D eigenvalue weighted by Gasteiger charge is 2.35. The number of halogens is 1. The summed E-state index contributed by atoms with van der Waals surface area (Å²) >= 11 is 0. The molecule has 0 atom stereocenters. The lowest BCUT2D eigenvalue weighted by molar-refractivity contribution is 0.534. The minimum atomic E-state index is -0.336. The summed E-state index contributed by atoms with van der Waals surface area (Å²) in [6.45, 7) is 12.3. The normalized spacial score (nSPS) is 14.6. The zero-order valence-corrected chi connectivity index (χ0v) is 17.5. The fraction of sp³-hybridized carbons (Fsp3) is 0.304. The molecule has 4 aromatic rings. The second kappa shape index (κ2) is 5.69. The van der Waals surface area contributed by atoms with Crippen molar-refractivity contribution in [2.45, 2.75) is 47.1 Å². The third-order valence-electron chi connectivity index (χ3n) is 6.03. The first-order valence-electron chi connectivity index (χ1n) is 9.82. The first kappa shape index (κ1) is 17.9. The number of hydrogen-bond donors (Lipinski definition) is 2. The maximum atomic E-state index is 14.5. The zero-order valence-electron chi connectivity index (χ0n) is 17.5. The van der Waals surface area contributed by atoms with Crippen molar-refractivity contribution in [1.29, 1.82) is 0 Å². The third-order valence-corrected chi connectivity index (χ3v) is 6.03. The number of nitrogens with zero attached hydrogens (tertiary/aromatic N) is 3. The average molecular weight is 389 g/mol. The Morgan fingerprint density at radius 1 is 1.00 bits per heavy atom. The van der Waals surface area contributed by atoms with Gasteiger partial charge in [0.1, 0.15) is 11.6 Å². The van der Waals surface area contributed by atoms with Gasteiger partial charge in [0.25, 0.3) is 0 Å². The summed E-state index contributed by atoms with van der Waals surface area (Å²) in [5, 5.41) is 13.3. The van der Waals surface area contributed by atoms with Gasteiger partial charge >= 0.3 is 0 Å². The van der Waals surface area contributed by atoms with Crippen molar-refractivity contribution in [3.63, 3.8) is 0 Å². The molecule has 1 aliphatic rings. The Bertz CT molecular complexity index is 1310. The van der Waals surface area contributed by atoms with Crippen molar-refractivity contribution in [1.82, 2.24) is 19.7 Å². The van der Waals surface area contributed by atoms with E-state index in [1.165, 1.54) is 0 Å². The van der Waals surface area contributed by atoms with Crippen LogP contribution in [0.4, 0.5) is 10.1 Å². The number of aromatic nitrogens is 4. The minimum absolute atomic E-state index is 0.229. The molecule has 2 aromatic heterocycles. The van der Waals surface area contributed by atoms with Gasteiger partial charge in [-0.1, -0.05) is 0 Å². The lowest BCUT2D eigenvalue weighted by atomic mass is 9.89. The highest BCUT2D eigenvalue weighted by atomic mass is 19.1. The van der Waals surface area contributed by atoms with Gasteiger partial charge in [-0.15, -0.1) is 10.2 Å². The van der Waals surface area contributed by atoms with E-state index in [0.29, 0.717) is 0 Å². The minimum Gasteiger partial charge on any atom is -0.371 e. The molecule has 5 rings (SSSR count). The van der Waals surface area contributed by atoms with E-state index in [9.17, 15) is 4.39 Å². The summed E-state index contributed by atoms with van der Waals surface area (Å²) in [5.74, 6) is 1.49. The Labute approximate surface area is 169 Å². The van der Waals surface area contributed by atoms with Crippen LogP contribution in [0.3, 0.4) is 0 Å². The number of fused-ring (bicyclic) bond motifs is 4. The van der Waals surface area contributed by atoms with Crippen LogP contribution in [0, 0.1) is 33.5 Å². The quantitative estimate of drug-likeness (QED) is 0.455. The molecule has 0 aliphatic carbocycles. The molecule has 0 radical (unpaired) electrons. The van der Waals surface area contributed by atoms with Crippen molar-refractivity contribution >= 4 is 16.6 Å². The van der Waals surface area contributed by atoms with Crippen LogP contribution in [-0.4, -0.2) is 19.7 Å². The molecule has 29 heavy (non-hydrogen) atoms. The summed E-state index contributed by atoms with van der Waals surface area (Å²) in [6.07, 6.45) is 1.93. The number of nitrogens with one attached hydrogen (secondary N) is 2. The maximum absolute atomic E-state index is 14.5. The molecule has 0 amide bonds. The molecule has 0 saturated carbocycles. The number of hydrogen-bond acceptors (Lipinski definition) is 3. The highest BCUT2D eigenvalue weighted by Crippen LogP contribution is 2.44. The number of aromatic amines is 1. The van der Waals surface area contributed by atoms with Crippen molar-refractivity contribution in [2.75, 3.05) is 5.32 Å². The van der Waals surface area contributed by atoms with Crippen molar-refractivity contribution < 1.29 is 4.39 Å². The first-order valence-corrected chi connectivity index (χ1v) is 9.82. The lowest BCUT2D eigenvalue weighted by Crippen LogP contribution is -2.36. The van der Waals surface area contributed by atoms with Crippen molar-refractivity contribution in [3.05, 3.63) is 58.6 Å². The lowest BCUT2D eigenvalue weighted by Gasteiger charge is -2.35. The Morgan fingerprint density at radius 3 is 2.52 bits per heavy atom. The molecule has 5 nitrogen and oxygen atoms in total. The monoisotopic (exact) mass is 389 g/mol. The highest BCUT2D eigenvalue weighted by molar-refractivity contribution is 5.99. The van der Waals surface area contributed by atoms with E-state index in [2.05, 4.69) is 58.8 Å². The van der Waals surface area contributed by atoms with Gasteiger partial charge in [0.05, 0.1) is 22.4 Å². The molecule has 3 heterocycles. The van der Waals surface area contributed by atoms with Gasteiger partial charge in [0, 0.05) is 17.1 Å². The van der Waals surface area contributed by atoms with E-state index in [-0.39, 0.29) is 11.4 Å². The Hall–Kier alpha value is -3.15. The molecule has 0 fully saturated rings. The third kappa shape index (κ3) is 2.38. The van der Waals surface area contributed by atoms with E-state index < -0.39 is 0 Å². The van der Waals surface area contributed by atoms with Crippen LogP contribution in [0.1, 0.15) is 42.2 Å². The molecule has 0 spiro atoms. The molecule has 6 heteroatoms. The summed E-state index contributed by atoms with van der Waals surface area (Å²) in [7, 11) is 0. The van der Waals surface area contributed by atoms with Gasteiger partial charge in [-0.25, -0.2) is 4.39 Å². The molecule has 2 N–H and O–H groups in total. The fourth-order valence-electron chi connectivity index (χ4n) is 4.73. The maximum Gasteiger partial charge on any atom is 0.162 e. The van der Waals surface area contributed by atoms with E-state index in [0.717, 1.165) is 61.7 Å². The summed E-state index contributed by atoms with van der Waals surface area (Å²) in [5.41, 5.74) is 7.82. The summed E-state index contributed by atoms with van der Waals surface area (Å²) in [6, 6.07) is 5.37. The van der Waals surface area contributed by atoms with Crippen LogP contribution in [-0.2, 0) is 5.54 Å². The topological polar surface area (TPSA) is 58.5 Å². The molecule has 0 bridgehead atoms. The number of benzene rings is 2. The van der Waals surface area contributed by atoms with Crippen molar-refractivity contribution in [2.24, 2.45) is 0 Å². The largest absolute Gasteiger partial charge is 0.371 e. The number of rotatable bonds is 1. The molecule has 2 aromatic carbocycles. The number of H-pyrrole nitrogens is 1. The number of anilines is 1. The second-order valence-corrected chi connectivity index (χ2v) is 8.59. The van der Waals surface area contributed by atoms with Crippen LogP contribution in [0.2, 0.25) is 0 Å². The van der Waals surface area contributed by atoms with Gasteiger partial charge in [-0.3, -0.25) is 4.57 Å². The predicted molar refractivity (Wildman–Crippen MR) is 114 cm³/mol. The van der Waals surface area contributed by atoms with E-state index >= 15 is 0 Å². The average Bonchev–Trinajstić information content (AvgIpc) is 3.19. The fourth-order valence-corrected chi connectivity index (χ4v) is 4.73. The van der Waals surface area contributed by atoms with Crippen molar-refractivity contribution in [3.8, 4) is 16.8 Å². The zero-order chi connectivity index (χ0) is 20.7. The molecule has 1 aliphatic heterocycles. The van der Waals surface area contributed by atoms with E-state index in [1.54, 1.807) is 12.1 Å². The summed E-state index contributed by atoms with van der Waals surface area (Å²) < 4.78 is 16.7. The molecule has 148 valence electrons. The van der Waals surface area contributed by atoms with Crippen LogP contribution >= 0.6 is 0 Å². The SMILES string of the molecule is Cc1cc2c(c(C)c1-c1cc(F)cc3c(C)c[nH]c13)-n1c(C)nnc1C(C)(C)N2. The summed E-state index contributed by atoms with van der Waals surface area (Å²) in [4.78, 5) is 3.34. The second-order valence-electron chi connectivity index (χ2n) is 8.59. The van der Waals surface area contributed by atoms with Gasteiger partial charge in [0.15, 0.2) is 5.82 Å². The van der Waals surface area contributed by atoms with Gasteiger partial charge in [-0.05, 0) is 82.0 Å². The standard InChI is InChI=1S/C23H24FN5/c1-11-7-18-21(29-14(4)27-28-22(29)23(5,6)26-18)13(3)19(11)17-9-15(24)8-16-12(2)10-25-20(16)17/h7-10,25-26H,1-6H3. The Morgan fingerprint density at radius 2 is 1.76 bits per heavy atom. The molecular formula is C23H24FN5. The van der Waals surface area contributed by atoms with Gasteiger partial charge in [-0.2, -0.15) is 0 Å². The van der Waals surface area contributed by atoms with Crippen LogP contribution < -0.4 is 5.32 Å². The number of aryl methyl sites for hydroxylation is 3. The first-order chi connectivity index (χ1) is 13.7. The van der Waals surface area contributed by atoms with E-state index in [4.69, 9.17) is 0 Å². The van der Waals surface area contributed by atoms with Gasteiger partial charge < -0.3 is 10.3 Å². The molecule has 0 unspecified atom stereocenters. The van der Waals surface area contributed by atoms with Gasteiger partial charge in [0.2, 0.25) is 0 Å². The van der Waals surface area contributed by atoms with Crippen LogP contribution in [0.5, 0.6) is 0 Å². The molecular weight excluding hydrogens is 365 g/mol. The Kier molecular flexibility index (Phi) is 3.51. The van der Waals surface area contributed by atoms with Crippen LogP contribution in [0.25, 0.3) is 27.7 Å². The Balaban J connectivity index is 1.88. The predicted octanol–water partition coefficient (Wildman–Crippen LogP) is 5.45.